The first kappa shape index (κ1) is 71.4. The van der Waals surface area contributed by atoms with Gasteiger partial charge in [-0.3, -0.25) is 9.59 Å². The van der Waals surface area contributed by atoms with Crippen molar-refractivity contribution in [3.63, 3.8) is 0 Å². The predicted octanol–water partition coefficient (Wildman–Crippen LogP) is 26.0. The molecule has 0 aromatic heterocycles. The second-order valence-electron chi connectivity index (χ2n) is 16.8. The molecule has 0 saturated heterocycles. The quantitative estimate of drug-likeness (QED) is 0.0335. The number of hydrogen-bond acceptors (Lipinski definition) is 26. The van der Waals surface area contributed by atoms with E-state index >= 15 is 0 Å². The molecule has 6 rings (SSSR count). The van der Waals surface area contributed by atoms with Crippen LogP contribution in [0.3, 0.4) is 0 Å². The average molecular weight is 1470 g/mol. The highest BCUT2D eigenvalue weighted by atomic mass is 32.3. The molecule has 0 fully saturated rings. The summed E-state index contributed by atoms with van der Waals surface area (Å²) in [5.41, 5.74) is 0. The van der Waals surface area contributed by atoms with Gasteiger partial charge in [0.05, 0.1) is 93.9 Å². The molecule has 6 aliphatic rings. The molecule has 6 heterocycles. The van der Waals surface area contributed by atoms with Gasteiger partial charge in [-0.2, -0.15) is 0 Å². The Morgan fingerprint density at radius 2 is 0.551 bits per heavy atom. The Kier molecular flexibility index (Phi) is 38.0. The van der Waals surface area contributed by atoms with Crippen LogP contribution in [0.5, 0.6) is 0 Å². The smallest absolute Gasteiger partial charge is 0.306 e. The van der Waals surface area contributed by atoms with Gasteiger partial charge in [0, 0.05) is 21.7 Å². The van der Waals surface area contributed by atoms with Gasteiger partial charge in [-0.15, -0.1) is 118 Å². The number of rotatable bonds is 38. The molecule has 78 heavy (non-hydrogen) atoms. The molecule has 0 radical (unpaired) electrons. The van der Waals surface area contributed by atoms with Gasteiger partial charge in [0.1, 0.15) is 0 Å². The fourth-order valence-corrected chi connectivity index (χ4v) is 40.5. The lowest BCUT2D eigenvalue weighted by molar-refractivity contribution is -0.143. The molecule has 0 unspecified atom stereocenters. The van der Waals surface area contributed by atoms with Crippen LogP contribution in [0.1, 0.15) is 145 Å². The van der Waals surface area contributed by atoms with E-state index in [2.05, 4.69) is 100 Å². The molecule has 6 aliphatic heterocycles. The standard InChI is InChI=1S/C52H72O4S22/c1-9-15-19-21-27-59-37-38(60-28-22-20-16-10-2)70-49(69-37)50-71-39(57-25-17-11-3)43(76-50)64-32-66-46-42(62-30-24-36(54)56-14-6)74-52(78-46)51-72-40(58-26-18-12-4)44(77-51)63-31-65-45-41(61-29-23-35(53)55-13-5)73-48(75-45)47-67-33(7)34(8)68-47/h9-32H2,1-8H3/b52-51-. The van der Waals surface area contributed by atoms with Crippen LogP contribution in [0.15, 0.2) is 77.6 Å². The molecule has 0 N–H and O–H groups in total. The van der Waals surface area contributed by atoms with Crippen LogP contribution in [0.4, 0.5) is 0 Å². The fraction of sp³-hybridized carbons (Fsp3) is 0.615. The summed E-state index contributed by atoms with van der Waals surface area (Å²) >= 11 is 43.5. The van der Waals surface area contributed by atoms with Crippen LogP contribution in [0, 0.1) is 0 Å². The van der Waals surface area contributed by atoms with Gasteiger partial charge in [0.25, 0.3) is 0 Å². The third kappa shape index (κ3) is 24.9. The Balaban J connectivity index is 1.13. The number of allylic oxidation sites excluding steroid dienone is 2. The number of thioether (sulfide) groups is 22. The van der Waals surface area contributed by atoms with Gasteiger partial charge in [0.2, 0.25) is 0 Å². The van der Waals surface area contributed by atoms with Crippen molar-refractivity contribution in [1.29, 1.82) is 0 Å². The Bertz CT molecular complexity index is 2290. The lowest BCUT2D eigenvalue weighted by Gasteiger charge is -2.07. The highest BCUT2D eigenvalue weighted by Crippen LogP contribution is 2.70. The molecule has 0 amide bonds. The van der Waals surface area contributed by atoms with E-state index in [1.165, 1.54) is 158 Å². The highest BCUT2D eigenvalue weighted by Gasteiger charge is 2.35. The van der Waals surface area contributed by atoms with Crippen molar-refractivity contribution in [2.45, 2.75) is 145 Å². The molecule has 0 spiro atoms. The zero-order valence-electron chi connectivity index (χ0n) is 45.6. The van der Waals surface area contributed by atoms with Crippen molar-refractivity contribution in [2.75, 3.05) is 57.9 Å². The van der Waals surface area contributed by atoms with Crippen molar-refractivity contribution in [2.24, 2.45) is 0 Å². The number of hydrogen-bond donors (Lipinski definition) is 0. The maximum atomic E-state index is 12.5. The van der Waals surface area contributed by atoms with E-state index in [1.54, 1.807) is 20.2 Å². The molecule has 0 saturated carbocycles. The third-order valence-corrected chi connectivity index (χ3v) is 43.0. The normalized spacial score (nSPS) is 19.2. The summed E-state index contributed by atoms with van der Waals surface area (Å²) in [6, 6.07) is 0. The summed E-state index contributed by atoms with van der Waals surface area (Å²) in [5, 5.41) is 1.87. The van der Waals surface area contributed by atoms with E-state index in [9.17, 15) is 9.59 Å². The first-order chi connectivity index (χ1) is 38.1. The zero-order chi connectivity index (χ0) is 55.5. The molecule has 0 aromatic rings. The van der Waals surface area contributed by atoms with Gasteiger partial charge in [0.15, 0.2) is 0 Å². The molecular weight excluding hydrogens is 1390 g/mol. The summed E-state index contributed by atoms with van der Waals surface area (Å²) in [5.74, 6) is 5.92. The minimum atomic E-state index is -0.121. The fourth-order valence-electron chi connectivity index (χ4n) is 6.39. The van der Waals surface area contributed by atoms with Crippen LogP contribution in [-0.2, 0) is 19.1 Å². The van der Waals surface area contributed by atoms with Crippen LogP contribution in [-0.4, -0.2) is 69.8 Å². The van der Waals surface area contributed by atoms with Gasteiger partial charge < -0.3 is 9.47 Å². The maximum absolute atomic E-state index is 12.5. The molecule has 436 valence electrons. The maximum Gasteiger partial charge on any atom is 0.306 e. The molecule has 0 atom stereocenters. The number of carbonyl (C=O) groups is 2. The first-order valence-corrected chi connectivity index (χ1v) is 46.1. The SMILES string of the molecule is CCCCCCSC1=C(SCCCCCC)SC(=C2SC(SCCCC)=C(SCSC3=C(SCCC(=O)OCC)S/C(=C4\SC(SCCCC)=C(SCSC5=C(SCCC(=O)OCC)SC(=C6SC(C)=C(C)S6)S5)S4)S3)S2)S1. The summed E-state index contributed by atoms with van der Waals surface area (Å²) in [7, 11) is 0. The zero-order valence-corrected chi connectivity index (χ0v) is 63.5. The van der Waals surface area contributed by atoms with Crippen molar-refractivity contribution in [3.8, 4) is 0 Å². The largest absolute Gasteiger partial charge is 0.466 e. The summed E-state index contributed by atoms with van der Waals surface area (Å²) < 4.78 is 33.3. The second-order valence-corrected chi connectivity index (χ2v) is 44.9. The minimum Gasteiger partial charge on any atom is -0.466 e. The molecule has 26 heteroatoms. The van der Waals surface area contributed by atoms with Crippen LogP contribution >= 0.6 is 259 Å². The second kappa shape index (κ2) is 41.6. The van der Waals surface area contributed by atoms with E-state index < -0.39 is 0 Å². The van der Waals surface area contributed by atoms with E-state index in [-0.39, 0.29) is 11.9 Å². The van der Waals surface area contributed by atoms with Crippen LogP contribution < -0.4 is 0 Å². The third-order valence-electron chi connectivity index (χ3n) is 10.5. The van der Waals surface area contributed by atoms with Gasteiger partial charge in [-0.1, -0.05) is 220 Å². The topological polar surface area (TPSA) is 52.6 Å². The highest BCUT2D eigenvalue weighted by molar-refractivity contribution is 8.49. The van der Waals surface area contributed by atoms with E-state index in [1.807, 2.05) is 202 Å². The average Bonchev–Trinajstić information content (AvgIpc) is 4.32. The van der Waals surface area contributed by atoms with Crippen molar-refractivity contribution in [1.82, 2.24) is 0 Å². The van der Waals surface area contributed by atoms with Crippen molar-refractivity contribution in [3.05, 3.63) is 77.6 Å². The predicted molar refractivity (Wildman–Crippen MR) is 401 cm³/mol. The molecule has 0 bridgehead atoms. The lowest BCUT2D eigenvalue weighted by Crippen LogP contribution is -2.04. The Labute approximate surface area is 562 Å². The van der Waals surface area contributed by atoms with E-state index in [4.69, 9.17) is 9.47 Å². The van der Waals surface area contributed by atoms with Gasteiger partial charge >= 0.3 is 11.9 Å². The summed E-state index contributed by atoms with van der Waals surface area (Å²) in [6.45, 7) is 18.2. The molecule has 4 nitrogen and oxygen atoms in total. The molecule has 0 aromatic carbocycles. The monoisotopic (exact) mass is 1460 g/mol. The van der Waals surface area contributed by atoms with Crippen molar-refractivity contribution < 1.29 is 19.1 Å². The van der Waals surface area contributed by atoms with Gasteiger partial charge in [-0.25, -0.2) is 0 Å². The van der Waals surface area contributed by atoms with Gasteiger partial charge in [-0.05, 0) is 86.2 Å². The first-order valence-electron chi connectivity index (χ1n) is 26.4. The van der Waals surface area contributed by atoms with Crippen LogP contribution in [0.2, 0.25) is 0 Å². The summed E-state index contributed by atoms with van der Waals surface area (Å²) in [6.07, 6.45) is 16.2. The van der Waals surface area contributed by atoms with E-state index in [0.717, 1.165) is 27.4 Å². The Morgan fingerprint density at radius 3 is 0.821 bits per heavy atom. The minimum absolute atomic E-state index is 0.118. The summed E-state index contributed by atoms with van der Waals surface area (Å²) in [4.78, 5) is 27.6. The molecule has 0 aliphatic carbocycles. The number of esters is 2. The number of ether oxygens (including phenoxy) is 2. The lowest BCUT2D eigenvalue weighted by atomic mass is 10.2. The Hall–Kier alpha value is 4.30. The molecular formula is C52H72O4S22. The number of unbranched alkanes of at least 4 members (excludes halogenated alkanes) is 8. The number of carbonyl (C=O) groups excluding carboxylic acids is 2. The van der Waals surface area contributed by atoms with Crippen LogP contribution in [0.25, 0.3) is 0 Å². The Morgan fingerprint density at radius 1 is 0.308 bits per heavy atom. The van der Waals surface area contributed by atoms with Crippen molar-refractivity contribution >= 4 is 271 Å². The van der Waals surface area contributed by atoms with E-state index in [0.29, 0.717) is 31.8 Å².